The maximum Gasteiger partial charge on any atom is 0.144 e. The van der Waals surface area contributed by atoms with E-state index in [9.17, 15) is 0 Å². The molecule has 2 aromatic heterocycles. The van der Waals surface area contributed by atoms with Gasteiger partial charge in [0.2, 0.25) is 0 Å². The van der Waals surface area contributed by atoms with Crippen molar-refractivity contribution >= 4 is 16.4 Å². The lowest BCUT2D eigenvalue weighted by atomic mass is 9.68. The molecule has 2 nitrogen and oxygen atoms in total. The number of fused-ring (bicyclic) bond motifs is 5. The Hall–Kier alpha value is -1.83. The number of aromatic nitrogens is 2. The standard InChI is InChI=1S/C17H16N2.C8H18.C2H6/c1-2-4-14-13(3-1)15-11-5-7-12(8-6-11)16(15)19-10-9-18-17(14)19;1-5-7(3)8(4)6-2;1-2/h1-4,9-12H,5-8H2;7-8H,5-6H2,1-4H3;1-2H3. The molecule has 2 heteroatoms. The van der Waals surface area contributed by atoms with E-state index in [0.29, 0.717) is 0 Å². The van der Waals surface area contributed by atoms with E-state index in [1.165, 1.54) is 49.3 Å². The summed E-state index contributed by atoms with van der Waals surface area (Å²) in [7, 11) is 0. The Labute approximate surface area is 177 Å². The number of pyridine rings is 1. The van der Waals surface area contributed by atoms with Crippen LogP contribution in [-0.4, -0.2) is 9.38 Å². The zero-order chi connectivity index (χ0) is 21.0. The Kier molecular flexibility index (Phi) is 7.38. The molecule has 0 amide bonds. The molecule has 0 saturated heterocycles. The molecule has 0 radical (unpaired) electrons. The van der Waals surface area contributed by atoms with Gasteiger partial charge in [-0.05, 0) is 60.3 Å². The summed E-state index contributed by atoms with van der Waals surface area (Å²) in [6.07, 6.45) is 12.2. The second-order valence-electron chi connectivity index (χ2n) is 8.78. The number of benzene rings is 1. The SMILES string of the molecule is CC.CCC(C)C(C)CC.c1ccc2c(c1)c1c(n3ccnc23)C2CCC1CC2. The Morgan fingerprint density at radius 3 is 2.03 bits per heavy atom. The molecule has 0 aliphatic heterocycles. The van der Waals surface area contributed by atoms with E-state index < -0.39 is 0 Å². The fourth-order valence-electron chi connectivity index (χ4n) is 5.18. The Bertz CT molecular complexity index is 907. The van der Waals surface area contributed by atoms with Gasteiger partial charge in [-0.15, -0.1) is 0 Å². The highest BCUT2D eigenvalue weighted by Gasteiger charge is 2.36. The number of nitrogens with zero attached hydrogens (tertiary/aromatic N) is 2. The first-order valence-electron chi connectivity index (χ1n) is 12.0. The van der Waals surface area contributed by atoms with Crippen LogP contribution in [-0.2, 0) is 0 Å². The molecule has 2 unspecified atom stereocenters. The molecule has 0 N–H and O–H groups in total. The Morgan fingerprint density at radius 2 is 1.45 bits per heavy atom. The number of hydrogen-bond acceptors (Lipinski definition) is 1. The lowest BCUT2D eigenvalue weighted by molar-refractivity contribution is 0.351. The molecule has 3 aromatic rings. The topological polar surface area (TPSA) is 17.3 Å². The molecule has 29 heavy (non-hydrogen) atoms. The molecule has 2 atom stereocenters. The number of rotatable bonds is 3. The summed E-state index contributed by atoms with van der Waals surface area (Å²) in [4.78, 5) is 4.60. The van der Waals surface area contributed by atoms with E-state index in [4.69, 9.17) is 0 Å². The van der Waals surface area contributed by atoms with Crippen molar-refractivity contribution in [1.29, 1.82) is 0 Å². The lowest BCUT2D eigenvalue weighted by Crippen LogP contribution is -2.24. The van der Waals surface area contributed by atoms with Crippen LogP contribution in [0.1, 0.15) is 103 Å². The molecule has 0 spiro atoms. The molecule has 2 bridgehead atoms. The maximum absolute atomic E-state index is 4.60. The monoisotopic (exact) mass is 392 g/mol. The van der Waals surface area contributed by atoms with Crippen LogP contribution in [0, 0.1) is 11.8 Å². The fraction of sp³-hybridized carbons (Fsp3) is 0.593. The summed E-state index contributed by atoms with van der Waals surface area (Å²) in [6.45, 7) is 13.2. The van der Waals surface area contributed by atoms with Gasteiger partial charge >= 0.3 is 0 Å². The van der Waals surface area contributed by atoms with E-state index in [0.717, 1.165) is 29.3 Å². The van der Waals surface area contributed by atoms with Crippen LogP contribution < -0.4 is 0 Å². The van der Waals surface area contributed by atoms with Crippen LogP contribution in [0.15, 0.2) is 36.7 Å². The first-order chi connectivity index (χ1) is 14.2. The van der Waals surface area contributed by atoms with Crippen molar-refractivity contribution < 1.29 is 0 Å². The maximum atomic E-state index is 4.60. The fourth-order valence-corrected chi connectivity index (χ4v) is 5.18. The zero-order valence-corrected chi connectivity index (χ0v) is 19.4. The summed E-state index contributed by atoms with van der Waals surface area (Å²) >= 11 is 0. The van der Waals surface area contributed by atoms with E-state index >= 15 is 0 Å². The van der Waals surface area contributed by atoms with Crippen molar-refractivity contribution in [2.24, 2.45) is 11.8 Å². The van der Waals surface area contributed by atoms with Crippen LogP contribution in [0.2, 0.25) is 0 Å². The third kappa shape index (κ3) is 4.09. The second kappa shape index (κ2) is 9.78. The summed E-state index contributed by atoms with van der Waals surface area (Å²) < 4.78 is 2.37. The van der Waals surface area contributed by atoms with Crippen LogP contribution in [0.5, 0.6) is 0 Å². The summed E-state index contributed by atoms with van der Waals surface area (Å²) in [5.74, 6) is 3.36. The molecule has 1 aromatic carbocycles. The Morgan fingerprint density at radius 1 is 0.897 bits per heavy atom. The molecular formula is C27H40N2. The van der Waals surface area contributed by atoms with Crippen LogP contribution in [0.3, 0.4) is 0 Å². The van der Waals surface area contributed by atoms with Gasteiger partial charge in [0, 0.05) is 23.5 Å². The molecule has 158 valence electrons. The van der Waals surface area contributed by atoms with Crippen molar-refractivity contribution in [2.75, 3.05) is 0 Å². The van der Waals surface area contributed by atoms with Crippen LogP contribution in [0.25, 0.3) is 16.4 Å². The average Bonchev–Trinajstić information content (AvgIpc) is 3.31. The van der Waals surface area contributed by atoms with Crippen molar-refractivity contribution in [2.45, 2.75) is 91.9 Å². The zero-order valence-electron chi connectivity index (χ0n) is 19.4. The molecule has 3 aliphatic carbocycles. The molecular weight excluding hydrogens is 352 g/mol. The van der Waals surface area contributed by atoms with Crippen molar-refractivity contribution in [3.05, 3.63) is 47.9 Å². The predicted molar refractivity (Wildman–Crippen MR) is 127 cm³/mol. The second-order valence-corrected chi connectivity index (χ2v) is 8.78. The highest BCUT2D eigenvalue weighted by atomic mass is 15.0. The minimum atomic E-state index is 0.751. The third-order valence-electron chi connectivity index (χ3n) is 7.42. The molecule has 6 rings (SSSR count). The number of hydrogen-bond donors (Lipinski definition) is 0. The minimum absolute atomic E-state index is 0.751. The smallest absolute Gasteiger partial charge is 0.144 e. The largest absolute Gasteiger partial charge is 0.303 e. The van der Waals surface area contributed by atoms with Crippen LogP contribution >= 0.6 is 0 Å². The first kappa shape index (κ1) is 21.9. The van der Waals surface area contributed by atoms with E-state index in [1.54, 1.807) is 11.3 Å². The lowest BCUT2D eigenvalue weighted by Gasteiger charge is -2.39. The first-order valence-corrected chi connectivity index (χ1v) is 12.0. The van der Waals surface area contributed by atoms with E-state index in [-0.39, 0.29) is 0 Å². The Balaban J connectivity index is 0.000000207. The highest BCUT2D eigenvalue weighted by molar-refractivity contribution is 5.97. The van der Waals surface area contributed by atoms with Gasteiger partial charge in [0.1, 0.15) is 5.65 Å². The summed E-state index contributed by atoms with van der Waals surface area (Å²) in [5.41, 5.74) is 4.33. The van der Waals surface area contributed by atoms with Gasteiger partial charge in [0.05, 0.1) is 0 Å². The average molecular weight is 393 g/mol. The molecule has 1 fully saturated rings. The van der Waals surface area contributed by atoms with E-state index in [2.05, 4.69) is 67.5 Å². The molecule has 2 heterocycles. The molecule has 1 saturated carbocycles. The summed E-state index contributed by atoms with van der Waals surface area (Å²) in [6, 6.07) is 8.82. The van der Waals surface area contributed by atoms with Gasteiger partial charge < -0.3 is 4.40 Å². The number of imidazole rings is 1. The van der Waals surface area contributed by atoms with Gasteiger partial charge in [-0.3, -0.25) is 0 Å². The van der Waals surface area contributed by atoms with Crippen LogP contribution in [0.4, 0.5) is 0 Å². The van der Waals surface area contributed by atoms with Crippen molar-refractivity contribution in [3.63, 3.8) is 0 Å². The van der Waals surface area contributed by atoms with Gasteiger partial charge in [-0.2, -0.15) is 0 Å². The molecule has 3 aliphatic rings. The van der Waals surface area contributed by atoms with Crippen molar-refractivity contribution in [1.82, 2.24) is 9.38 Å². The van der Waals surface area contributed by atoms with Gasteiger partial charge in [0.15, 0.2) is 0 Å². The highest BCUT2D eigenvalue weighted by Crippen LogP contribution is 2.51. The van der Waals surface area contributed by atoms with E-state index in [1.807, 2.05) is 20.0 Å². The van der Waals surface area contributed by atoms with Gasteiger partial charge in [-0.1, -0.05) is 78.6 Å². The quantitative estimate of drug-likeness (QED) is 0.438. The third-order valence-corrected chi connectivity index (χ3v) is 7.42. The van der Waals surface area contributed by atoms with Gasteiger partial charge in [-0.25, -0.2) is 4.98 Å². The van der Waals surface area contributed by atoms with Gasteiger partial charge in [0.25, 0.3) is 0 Å². The minimum Gasteiger partial charge on any atom is -0.303 e. The predicted octanol–water partition coefficient (Wildman–Crippen LogP) is 8.35. The summed E-state index contributed by atoms with van der Waals surface area (Å²) in [5, 5.41) is 2.77. The normalized spacial score (nSPS) is 21.6. The van der Waals surface area contributed by atoms with Crippen molar-refractivity contribution in [3.8, 4) is 0 Å².